The Morgan fingerprint density at radius 1 is 0.905 bits per heavy atom. The molecule has 110 valence electrons. The van der Waals surface area contributed by atoms with Crippen molar-refractivity contribution in [3.05, 3.63) is 24.3 Å². The minimum atomic E-state index is -4.47. The molecule has 3 N–H and O–H groups in total. The van der Waals surface area contributed by atoms with Crippen molar-refractivity contribution in [3.63, 3.8) is 0 Å². The van der Waals surface area contributed by atoms with E-state index in [9.17, 15) is 16.8 Å². The highest BCUT2D eigenvalue weighted by Gasteiger charge is 2.20. The van der Waals surface area contributed by atoms with Crippen molar-refractivity contribution in [1.29, 1.82) is 0 Å². The highest BCUT2D eigenvalue weighted by molar-refractivity contribution is 7.86. The van der Waals surface area contributed by atoms with Gasteiger partial charge in [0.1, 0.15) is 0 Å². The fourth-order valence-electron chi connectivity index (χ4n) is 2.12. The number of rotatable bonds is 2. The summed E-state index contributed by atoms with van der Waals surface area (Å²) >= 11 is 0. The number of anilines is 1. The van der Waals surface area contributed by atoms with E-state index in [0.717, 1.165) is 12.1 Å². The number of benzene rings is 2. The van der Waals surface area contributed by atoms with Crippen LogP contribution in [0.15, 0.2) is 39.0 Å². The monoisotopic (exact) mass is 328 g/mol. The molecule has 0 bridgehead atoms. The van der Waals surface area contributed by atoms with Crippen LogP contribution in [-0.4, -0.2) is 32.3 Å². The molecular weight excluding hydrogens is 320 g/mol. The first-order valence-corrected chi connectivity index (χ1v) is 8.40. The Labute approximate surface area is 119 Å². The molecule has 0 unspecified atom stereocenters. The van der Waals surface area contributed by atoms with Crippen molar-refractivity contribution in [1.82, 2.24) is 0 Å². The van der Waals surface area contributed by atoms with Gasteiger partial charge in [0.05, 0.1) is 27.5 Å². The summed E-state index contributed by atoms with van der Waals surface area (Å²) in [5.41, 5.74) is 0.614. The van der Waals surface area contributed by atoms with Crippen LogP contribution in [0.1, 0.15) is 0 Å². The molecule has 8 nitrogen and oxygen atoms in total. The molecule has 10 heteroatoms. The van der Waals surface area contributed by atoms with Crippen LogP contribution in [0.4, 0.5) is 11.4 Å². The predicted octanol–water partition coefficient (Wildman–Crippen LogP) is 1.42. The molecule has 0 amide bonds. The van der Waals surface area contributed by atoms with Crippen LogP contribution in [0.3, 0.4) is 0 Å². The van der Waals surface area contributed by atoms with Crippen LogP contribution in [-0.2, 0) is 20.2 Å². The lowest BCUT2D eigenvalue weighted by molar-refractivity contribution is 0.481. The third-order valence-electron chi connectivity index (χ3n) is 2.99. The van der Waals surface area contributed by atoms with Gasteiger partial charge in [0, 0.05) is 5.39 Å². The smallest absolute Gasteiger partial charge is 0.294 e. The normalized spacial score (nSPS) is 14.2. The molecule has 0 radical (unpaired) electrons. The minimum Gasteiger partial charge on any atom is -0.346 e. The third kappa shape index (κ3) is 2.38. The molecule has 0 aromatic heterocycles. The molecule has 0 spiro atoms. The van der Waals surface area contributed by atoms with Gasteiger partial charge in [-0.25, -0.2) is 4.99 Å². The van der Waals surface area contributed by atoms with Crippen LogP contribution in [0.25, 0.3) is 10.8 Å². The SMILES string of the molecule is O=S(=O)(O)c1cc2c3c(cc(S(=O)(=O)O)cc3c1)NC=N2. The van der Waals surface area contributed by atoms with Crippen molar-refractivity contribution in [3.8, 4) is 0 Å². The molecule has 1 heterocycles. The molecule has 0 atom stereocenters. The summed E-state index contributed by atoms with van der Waals surface area (Å²) in [7, 11) is -8.93. The van der Waals surface area contributed by atoms with E-state index in [1.165, 1.54) is 18.5 Å². The maximum atomic E-state index is 11.3. The quantitative estimate of drug-likeness (QED) is 0.710. The van der Waals surface area contributed by atoms with Crippen molar-refractivity contribution < 1.29 is 25.9 Å². The highest BCUT2D eigenvalue weighted by atomic mass is 32.2. The second-order valence-corrected chi connectivity index (χ2v) is 7.21. The van der Waals surface area contributed by atoms with Gasteiger partial charge in [-0.1, -0.05) is 0 Å². The van der Waals surface area contributed by atoms with E-state index in [-0.39, 0.29) is 11.1 Å². The molecule has 0 saturated heterocycles. The Morgan fingerprint density at radius 3 is 2.05 bits per heavy atom. The zero-order chi connectivity index (χ0) is 15.4. The zero-order valence-corrected chi connectivity index (χ0v) is 11.8. The first-order valence-electron chi connectivity index (χ1n) is 5.52. The number of nitrogens with one attached hydrogen (secondary N) is 1. The lowest BCUT2D eigenvalue weighted by atomic mass is 10.1. The van der Waals surface area contributed by atoms with Gasteiger partial charge in [-0.3, -0.25) is 9.11 Å². The first-order chi connectivity index (χ1) is 9.66. The summed E-state index contributed by atoms with van der Waals surface area (Å²) in [5.74, 6) is 0. The van der Waals surface area contributed by atoms with Gasteiger partial charge in [-0.05, 0) is 29.7 Å². The van der Waals surface area contributed by atoms with Crippen molar-refractivity contribution >= 4 is 48.7 Å². The molecule has 2 aromatic rings. The van der Waals surface area contributed by atoms with Crippen molar-refractivity contribution in [2.24, 2.45) is 4.99 Å². The van der Waals surface area contributed by atoms with E-state index in [2.05, 4.69) is 10.3 Å². The van der Waals surface area contributed by atoms with Gasteiger partial charge in [0.2, 0.25) is 0 Å². The third-order valence-corrected chi connectivity index (χ3v) is 4.66. The standard InChI is InChI=1S/C11H8N2O6S2/c14-20(15,16)7-1-6-2-8(21(17,18)19)4-10-11(6)9(3-7)12-5-13-10/h1-5H,(H,12,13)(H,14,15,16)(H,17,18,19). The molecule has 21 heavy (non-hydrogen) atoms. The maximum absolute atomic E-state index is 11.3. The first kappa shape index (κ1) is 13.9. The Kier molecular flexibility index (Phi) is 2.82. The minimum absolute atomic E-state index is 0.203. The Bertz CT molecular complexity index is 1000. The van der Waals surface area contributed by atoms with Crippen molar-refractivity contribution in [2.75, 3.05) is 5.32 Å². The molecule has 0 aliphatic carbocycles. The fraction of sp³-hybridized carbons (Fsp3) is 0. The average molecular weight is 328 g/mol. The van der Waals surface area contributed by atoms with Crippen LogP contribution in [0.5, 0.6) is 0 Å². The summed E-state index contributed by atoms with van der Waals surface area (Å²) in [4.78, 5) is 3.14. The summed E-state index contributed by atoms with van der Waals surface area (Å²) in [6, 6.07) is 4.59. The van der Waals surface area contributed by atoms with Crippen LogP contribution in [0.2, 0.25) is 0 Å². The van der Waals surface area contributed by atoms with E-state index in [1.54, 1.807) is 0 Å². The number of nitrogens with zero attached hydrogens (tertiary/aromatic N) is 1. The second-order valence-electron chi connectivity index (χ2n) is 4.36. The lowest BCUT2D eigenvalue weighted by Gasteiger charge is -2.15. The van der Waals surface area contributed by atoms with Gasteiger partial charge in [0.25, 0.3) is 20.2 Å². The summed E-state index contributed by atoms with van der Waals surface area (Å²) in [5, 5.41) is 3.41. The average Bonchev–Trinajstić information content (AvgIpc) is 2.36. The number of aliphatic imine (C=N–C) groups is 1. The molecule has 1 aliphatic heterocycles. The Balaban J connectivity index is 2.47. The summed E-state index contributed by atoms with van der Waals surface area (Å²) in [6.45, 7) is 0. The van der Waals surface area contributed by atoms with Crippen LogP contribution >= 0.6 is 0 Å². The van der Waals surface area contributed by atoms with Gasteiger partial charge in [0.15, 0.2) is 0 Å². The van der Waals surface area contributed by atoms with E-state index >= 15 is 0 Å². The summed E-state index contributed by atoms with van der Waals surface area (Å²) < 4.78 is 63.3. The predicted molar refractivity (Wildman–Crippen MR) is 75.4 cm³/mol. The van der Waals surface area contributed by atoms with E-state index < -0.39 is 30.0 Å². The molecule has 3 rings (SSSR count). The Morgan fingerprint density at radius 2 is 1.48 bits per heavy atom. The molecule has 2 aromatic carbocycles. The second kappa shape index (κ2) is 4.24. The largest absolute Gasteiger partial charge is 0.346 e. The molecule has 0 fully saturated rings. The topological polar surface area (TPSA) is 133 Å². The van der Waals surface area contributed by atoms with E-state index in [0.29, 0.717) is 11.1 Å². The highest BCUT2D eigenvalue weighted by Crippen LogP contribution is 2.38. The molecule has 1 aliphatic rings. The van der Waals surface area contributed by atoms with Crippen LogP contribution < -0.4 is 5.32 Å². The van der Waals surface area contributed by atoms with Gasteiger partial charge < -0.3 is 5.32 Å². The summed E-state index contributed by atoms with van der Waals surface area (Å²) in [6.07, 6.45) is 1.25. The van der Waals surface area contributed by atoms with Gasteiger partial charge in [-0.15, -0.1) is 0 Å². The maximum Gasteiger partial charge on any atom is 0.294 e. The van der Waals surface area contributed by atoms with Gasteiger partial charge >= 0.3 is 0 Å². The van der Waals surface area contributed by atoms with Gasteiger partial charge in [-0.2, -0.15) is 16.8 Å². The molecule has 0 saturated carbocycles. The fourth-order valence-corrected chi connectivity index (χ4v) is 3.20. The van der Waals surface area contributed by atoms with E-state index in [1.807, 2.05) is 0 Å². The van der Waals surface area contributed by atoms with Crippen LogP contribution in [0, 0.1) is 0 Å². The molecular formula is C11H8N2O6S2. The Hall–Kier alpha value is -2.01. The zero-order valence-electron chi connectivity index (χ0n) is 10.2. The van der Waals surface area contributed by atoms with Crippen molar-refractivity contribution in [2.45, 2.75) is 9.79 Å². The van der Waals surface area contributed by atoms with E-state index in [4.69, 9.17) is 9.11 Å². The number of hydrogen-bond acceptors (Lipinski definition) is 6. The number of hydrogen-bond donors (Lipinski definition) is 3. The lowest BCUT2D eigenvalue weighted by Crippen LogP contribution is -2.05.